The lowest BCUT2D eigenvalue weighted by Gasteiger charge is -1.97. The van der Waals surface area contributed by atoms with Crippen LogP contribution in [0.1, 0.15) is 6.99 Å². The van der Waals surface area contributed by atoms with Crippen LogP contribution in [0.15, 0.2) is 48.7 Å². The zero-order chi connectivity index (χ0) is 11.0. The van der Waals surface area contributed by atoms with E-state index in [2.05, 4.69) is 35.1 Å². The van der Waals surface area contributed by atoms with Gasteiger partial charge in [0.05, 0.1) is 11.4 Å². The Hall–Kier alpha value is -2.09. The number of aromatic nitrogens is 2. The minimum absolute atomic E-state index is 0. The average Bonchev–Trinajstić information content (AvgIpc) is 2.69. The SMILES string of the molecule is Cc1c(-c2ccccn2)[nH]c2ccccc12.[HH]. The van der Waals surface area contributed by atoms with Crippen LogP contribution in [-0.2, 0) is 0 Å². The lowest BCUT2D eigenvalue weighted by Crippen LogP contribution is -1.83. The van der Waals surface area contributed by atoms with E-state index in [0.29, 0.717) is 0 Å². The number of benzene rings is 1. The first kappa shape index (κ1) is 9.16. The van der Waals surface area contributed by atoms with Crippen LogP contribution in [0.4, 0.5) is 0 Å². The molecule has 0 bridgehead atoms. The molecule has 80 valence electrons. The molecule has 0 aliphatic rings. The Morgan fingerprint density at radius 3 is 2.62 bits per heavy atom. The number of aromatic amines is 1. The predicted octanol–water partition coefficient (Wildman–Crippen LogP) is 3.78. The zero-order valence-electron chi connectivity index (χ0n) is 9.07. The van der Waals surface area contributed by atoms with Gasteiger partial charge in [-0.25, -0.2) is 0 Å². The Balaban J connectivity index is 0.00000108. The summed E-state index contributed by atoms with van der Waals surface area (Å²) in [6.07, 6.45) is 1.82. The normalized spacial score (nSPS) is 10.8. The van der Waals surface area contributed by atoms with Crippen LogP contribution in [0.5, 0.6) is 0 Å². The van der Waals surface area contributed by atoms with Crippen molar-refractivity contribution in [3.63, 3.8) is 0 Å². The first-order valence-corrected chi connectivity index (χ1v) is 5.35. The summed E-state index contributed by atoms with van der Waals surface area (Å²) in [6.45, 7) is 2.13. The van der Waals surface area contributed by atoms with Crippen molar-refractivity contribution in [2.24, 2.45) is 0 Å². The molecule has 0 atom stereocenters. The third kappa shape index (κ3) is 1.31. The molecule has 16 heavy (non-hydrogen) atoms. The van der Waals surface area contributed by atoms with E-state index >= 15 is 0 Å². The van der Waals surface area contributed by atoms with Crippen LogP contribution in [0.25, 0.3) is 22.3 Å². The highest BCUT2D eigenvalue weighted by Gasteiger charge is 2.08. The van der Waals surface area contributed by atoms with Gasteiger partial charge in [-0.15, -0.1) is 0 Å². The van der Waals surface area contributed by atoms with Gasteiger partial charge in [0.25, 0.3) is 0 Å². The number of hydrogen-bond donors (Lipinski definition) is 1. The van der Waals surface area contributed by atoms with E-state index < -0.39 is 0 Å². The summed E-state index contributed by atoms with van der Waals surface area (Å²) in [6, 6.07) is 14.3. The van der Waals surface area contributed by atoms with Crippen molar-refractivity contribution < 1.29 is 1.43 Å². The highest BCUT2D eigenvalue weighted by Crippen LogP contribution is 2.27. The first-order chi connectivity index (χ1) is 7.86. The molecule has 2 heteroatoms. The average molecular weight is 210 g/mol. The molecule has 1 N–H and O–H groups in total. The molecular weight excluding hydrogens is 196 g/mol. The van der Waals surface area contributed by atoms with Gasteiger partial charge < -0.3 is 4.98 Å². The van der Waals surface area contributed by atoms with Gasteiger partial charge >= 0.3 is 0 Å². The molecule has 0 unspecified atom stereocenters. The van der Waals surface area contributed by atoms with Crippen LogP contribution in [-0.4, -0.2) is 9.97 Å². The lowest BCUT2D eigenvalue weighted by molar-refractivity contribution is 1.28. The molecule has 1 aromatic carbocycles. The Morgan fingerprint density at radius 2 is 1.88 bits per heavy atom. The molecule has 0 saturated heterocycles. The third-order valence-electron chi connectivity index (χ3n) is 2.89. The van der Waals surface area contributed by atoms with Gasteiger partial charge in [0.2, 0.25) is 0 Å². The van der Waals surface area contributed by atoms with Crippen molar-refractivity contribution in [3.05, 3.63) is 54.2 Å². The number of H-pyrrole nitrogens is 1. The zero-order valence-corrected chi connectivity index (χ0v) is 9.07. The Bertz CT molecular complexity index is 629. The maximum atomic E-state index is 4.37. The molecule has 0 radical (unpaired) electrons. The number of aryl methyl sites for hydroxylation is 1. The second-order valence-electron chi connectivity index (χ2n) is 3.89. The molecule has 2 aromatic heterocycles. The summed E-state index contributed by atoms with van der Waals surface area (Å²) >= 11 is 0. The topological polar surface area (TPSA) is 28.7 Å². The van der Waals surface area contributed by atoms with Crippen LogP contribution in [0.3, 0.4) is 0 Å². The highest BCUT2D eigenvalue weighted by molar-refractivity contribution is 5.89. The molecule has 0 fully saturated rings. The Labute approximate surface area is 95.4 Å². The van der Waals surface area contributed by atoms with Gasteiger partial charge in [-0.05, 0) is 30.7 Å². The largest absolute Gasteiger partial charge is 0.353 e. The van der Waals surface area contributed by atoms with Crippen molar-refractivity contribution >= 4 is 10.9 Å². The van der Waals surface area contributed by atoms with Gasteiger partial charge in [0, 0.05) is 18.5 Å². The molecule has 2 nitrogen and oxygen atoms in total. The fraction of sp³-hybridized carbons (Fsp3) is 0.0714. The summed E-state index contributed by atoms with van der Waals surface area (Å²) in [5.41, 5.74) is 4.54. The summed E-state index contributed by atoms with van der Waals surface area (Å²) in [4.78, 5) is 7.79. The lowest BCUT2D eigenvalue weighted by atomic mass is 10.1. The molecule has 0 saturated carbocycles. The van der Waals surface area contributed by atoms with Crippen LogP contribution in [0.2, 0.25) is 0 Å². The fourth-order valence-corrected chi connectivity index (χ4v) is 2.05. The number of para-hydroxylation sites is 1. The molecule has 0 spiro atoms. The molecule has 0 aliphatic carbocycles. The van der Waals surface area contributed by atoms with Crippen molar-refractivity contribution in [1.82, 2.24) is 9.97 Å². The Kier molecular flexibility index (Phi) is 2.00. The first-order valence-electron chi connectivity index (χ1n) is 5.35. The van der Waals surface area contributed by atoms with Crippen LogP contribution >= 0.6 is 0 Å². The molecule has 3 aromatic rings. The van der Waals surface area contributed by atoms with Gasteiger partial charge in [-0.1, -0.05) is 24.3 Å². The van der Waals surface area contributed by atoms with E-state index in [1.165, 1.54) is 16.5 Å². The summed E-state index contributed by atoms with van der Waals surface area (Å²) in [5, 5.41) is 1.27. The summed E-state index contributed by atoms with van der Waals surface area (Å²) in [7, 11) is 0. The summed E-state index contributed by atoms with van der Waals surface area (Å²) in [5.74, 6) is 0. The number of pyridine rings is 1. The maximum Gasteiger partial charge on any atom is 0.0867 e. The van der Waals surface area contributed by atoms with E-state index in [1.807, 2.05) is 30.5 Å². The van der Waals surface area contributed by atoms with Crippen LogP contribution < -0.4 is 0 Å². The molecule has 3 rings (SSSR count). The van der Waals surface area contributed by atoms with Crippen LogP contribution in [0, 0.1) is 6.92 Å². The quantitative estimate of drug-likeness (QED) is 0.650. The monoisotopic (exact) mass is 210 g/mol. The van der Waals surface area contributed by atoms with Gasteiger partial charge in [-0.2, -0.15) is 0 Å². The Morgan fingerprint density at radius 1 is 1.06 bits per heavy atom. The van der Waals surface area contributed by atoms with E-state index in [4.69, 9.17) is 0 Å². The van der Waals surface area contributed by atoms with Gasteiger partial charge in [0.1, 0.15) is 0 Å². The fourth-order valence-electron chi connectivity index (χ4n) is 2.05. The smallest absolute Gasteiger partial charge is 0.0867 e. The minimum Gasteiger partial charge on any atom is -0.353 e. The molecular formula is C14H14N2. The van der Waals surface area contributed by atoms with Crippen molar-refractivity contribution in [3.8, 4) is 11.4 Å². The number of rotatable bonds is 1. The predicted molar refractivity (Wildman–Crippen MR) is 68.4 cm³/mol. The van der Waals surface area contributed by atoms with E-state index in [0.717, 1.165) is 11.4 Å². The number of fused-ring (bicyclic) bond motifs is 1. The van der Waals surface area contributed by atoms with E-state index in [-0.39, 0.29) is 1.43 Å². The second-order valence-corrected chi connectivity index (χ2v) is 3.89. The standard InChI is InChI=1S/C14H12N2.H2/c1-10-11-6-2-3-7-12(11)16-14(10)13-8-4-5-9-15-13;/h2-9,16H,1H3;1H. The number of nitrogens with one attached hydrogen (secondary N) is 1. The maximum absolute atomic E-state index is 4.37. The van der Waals surface area contributed by atoms with Crippen molar-refractivity contribution in [1.29, 1.82) is 0 Å². The van der Waals surface area contributed by atoms with E-state index in [1.54, 1.807) is 0 Å². The summed E-state index contributed by atoms with van der Waals surface area (Å²) < 4.78 is 0. The number of hydrogen-bond acceptors (Lipinski definition) is 1. The third-order valence-corrected chi connectivity index (χ3v) is 2.89. The van der Waals surface area contributed by atoms with Gasteiger partial charge in [-0.3, -0.25) is 4.98 Å². The van der Waals surface area contributed by atoms with Crippen molar-refractivity contribution in [2.75, 3.05) is 0 Å². The molecule has 0 amide bonds. The number of nitrogens with zero attached hydrogens (tertiary/aromatic N) is 1. The molecule has 2 heterocycles. The van der Waals surface area contributed by atoms with Crippen molar-refractivity contribution in [2.45, 2.75) is 6.92 Å². The second kappa shape index (κ2) is 3.49. The van der Waals surface area contributed by atoms with Gasteiger partial charge in [0.15, 0.2) is 0 Å². The molecule has 0 aliphatic heterocycles. The highest BCUT2D eigenvalue weighted by atomic mass is 14.8. The minimum atomic E-state index is 0. The van der Waals surface area contributed by atoms with E-state index in [9.17, 15) is 0 Å².